The minimum Gasteiger partial charge on any atom is -0.484 e. The van der Waals surface area contributed by atoms with Crippen molar-refractivity contribution in [3.8, 4) is 17.2 Å². The Morgan fingerprint density at radius 1 is 1.04 bits per heavy atom. The summed E-state index contributed by atoms with van der Waals surface area (Å²) < 4.78 is 11.4. The van der Waals surface area contributed by atoms with Gasteiger partial charge in [0.05, 0.1) is 17.2 Å². The molecular weight excluding hydrogens is 372 g/mol. The SMILES string of the molecule is CCc1nc(CN(C)C(=O)COc2ccc(Oc3ccc(C)cc3)cc2)cs1. The number of benzene rings is 2. The third-order valence-corrected chi connectivity index (χ3v) is 5.21. The summed E-state index contributed by atoms with van der Waals surface area (Å²) in [6.45, 7) is 4.58. The smallest absolute Gasteiger partial charge is 0.260 e. The van der Waals surface area contributed by atoms with E-state index in [9.17, 15) is 4.79 Å². The molecule has 0 N–H and O–H groups in total. The van der Waals surface area contributed by atoms with Crippen molar-refractivity contribution in [2.24, 2.45) is 0 Å². The van der Waals surface area contributed by atoms with Crippen LogP contribution in [0.1, 0.15) is 23.2 Å². The van der Waals surface area contributed by atoms with E-state index in [1.165, 1.54) is 5.56 Å². The fraction of sp³-hybridized carbons (Fsp3) is 0.273. The fourth-order valence-corrected chi connectivity index (χ4v) is 3.25. The first kappa shape index (κ1) is 19.9. The van der Waals surface area contributed by atoms with Crippen molar-refractivity contribution in [1.29, 1.82) is 0 Å². The molecule has 28 heavy (non-hydrogen) atoms. The highest BCUT2D eigenvalue weighted by atomic mass is 32.1. The Kier molecular flexibility index (Phi) is 6.66. The second-order valence-electron chi connectivity index (χ2n) is 6.51. The molecule has 146 valence electrons. The molecule has 0 saturated carbocycles. The highest BCUT2D eigenvalue weighted by molar-refractivity contribution is 7.09. The van der Waals surface area contributed by atoms with Gasteiger partial charge < -0.3 is 14.4 Å². The van der Waals surface area contributed by atoms with E-state index in [-0.39, 0.29) is 12.5 Å². The summed E-state index contributed by atoms with van der Waals surface area (Å²) in [5.74, 6) is 2.03. The number of aryl methyl sites for hydroxylation is 2. The lowest BCUT2D eigenvalue weighted by atomic mass is 10.2. The van der Waals surface area contributed by atoms with Crippen LogP contribution < -0.4 is 9.47 Å². The maximum absolute atomic E-state index is 12.3. The van der Waals surface area contributed by atoms with Crippen molar-refractivity contribution in [1.82, 2.24) is 9.88 Å². The number of ether oxygens (including phenoxy) is 2. The Morgan fingerprint density at radius 3 is 2.25 bits per heavy atom. The molecule has 1 aromatic heterocycles. The van der Waals surface area contributed by atoms with Crippen LogP contribution in [0.5, 0.6) is 17.2 Å². The summed E-state index contributed by atoms with van der Waals surface area (Å²) in [6, 6.07) is 15.1. The maximum Gasteiger partial charge on any atom is 0.260 e. The number of likely N-dealkylation sites (N-methyl/N-ethyl adjacent to an activating group) is 1. The summed E-state index contributed by atoms with van der Waals surface area (Å²) in [5.41, 5.74) is 2.10. The van der Waals surface area contributed by atoms with Gasteiger partial charge in [-0.05, 0) is 49.7 Å². The van der Waals surface area contributed by atoms with Crippen molar-refractivity contribution >= 4 is 17.2 Å². The van der Waals surface area contributed by atoms with Crippen LogP contribution in [-0.4, -0.2) is 29.4 Å². The molecule has 0 atom stereocenters. The molecule has 1 amide bonds. The van der Waals surface area contributed by atoms with Gasteiger partial charge in [0.2, 0.25) is 0 Å². The van der Waals surface area contributed by atoms with Gasteiger partial charge in [-0.3, -0.25) is 4.79 Å². The third kappa shape index (κ3) is 5.57. The first-order valence-electron chi connectivity index (χ1n) is 9.18. The second-order valence-corrected chi connectivity index (χ2v) is 7.45. The minimum absolute atomic E-state index is 0.0144. The molecule has 0 spiro atoms. The van der Waals surface area contributed by atoms with Crippen LogP contribution in [0.4, 0.5) is 0 Å². The predicted molar refractivity (Wildman–Crippen MR) is 111 cm³/mol. The number of rotatable bonds is 8. The fourth-order valence-electron chi connectivity index (χ4n) is 2.52. The Morgan fingerprint density at radius 2 is 1.64 bits per heavy atom. The molecule has 0 aliphatic carbocycles. The van der Waals surface area contributed by atoms with Gasteiger partial charge in [-0.1, -0.05) is 24.6 Å². The first-order chi connectivity index (χ1) is 13.5. The van der Waals surface area contributed by atoms with Crippen molar-refractivity contribution in [2.75, 3.05) is 13.7 Å². The number of carbonyl (C=O) groups excluding carboxylic acids is 1. The van der Waals surface area contributed by atoms with E-state index in [1.807, 2.05) is 48.7 Å². The predicted octanol–water partition coefficient (Wildman–Crippen LogP) is 4.84. The zero-order chi connectivity index (χ0) is 19.9. The van der Waals surface area contributed by atoms with E-state index in [1.54, 1.807) is 35.4 Å². The Labute approximate surface area is 169 Å². The summed E-state index contributed by atoms with van der Waals surface area (Å²) in [6.07, 6.45) is 0.912. The second kappa shape index (κ2) is 9.37. The molecule has 0 aliphatic heterocycles. The monoisotopic (exact) mass is 396 g/mol. The number of hydrogen-bond donors (Lipinski definition) is 0. The van der Waals surface area contributed by atoms with Gasteiger partial charge in [0.25, 0.3) is 5.91 Å². The minimum atomic E-state index is -0.0916. The number of carbonyl (C=O) groups is 1. The lowest BCUT2D eigenvalue weighted by Crippen LogP contribution is -2.31. The van der Waals surface area contributed by atoms with E-state index in [4.69, 9.17) is 9.47 Å². The van der Waals surface area contributed by atoms with Crippen LogP contribution in [-0.2, 0) is 17.8 Å². The molecule has 6 heteroatoms. The van der Waals surface area contributed by atoms with Gasteiger partial charge in [0.15, 0.2) is 6.61 Å². The maximum atomic E-state index is 12.3. The number of aromatic nitrogens is 1. The van der Waals surface area contributed by atoms with Gasteiger partial charge in [0.1, 0.15) is 17.2 Å². The summed E-state index contributed by atoms with van der Waals surface area (Å²) >= 11 is 1.62. The van der Waals surface area contributed by atoms with Crippen LogP contribution in [0.25, 0.3) is 0 Å². The lowest BCUT2D eigenvalue weighted by Gasteiger charge is -2.16. The van der Waals surface area contributed by atoms with Crippen molar-refractivity contribution < 1.29 is 14.3 Å². The quantitative estimate of drug-likeness (QED) is 0.546. The van der Waals surface area contributed by atoms with E-state index in [0.29, 0.717) is 12.3 Å². The van der Waals surface area contributed by atoms with E-state index in [0.717, 1.165) is 28.6 Å². The summed E-state index contributed by atoms with van der Waals surface area (Å²) in [4.78, 5) is 18.4. The van der Waals surface area contributed by atoms with E-state index in [2.05, 4.69) is 11.9 Å². The Balaban J connectivity index is 1.48. The summed E-state index contributed by atoms with van der Waals surface area (Å²) in [7, 11) is 1.76. The van der Waals surface area contributed by atoms with Gasteiger partial charge in [0, 0.05) is 12.4 Å². The van der Waals surface area contributed by atoms with Gasteiger partial charge in [-0.2, -0.15) is 0 Å². The lowest BCUT2D eigenvalue weighted by molar-refractivity contribution is -0.132. The molecule has 0 saturated heterocycles. The van der Waals surface area contributed by atoms with Crippen LogP contribution >= 0.6 is 11.3 Å². The molecule has 0 fully saturated rings. The number of amides is 1. The van der Waals surface area contributed by atoms with Crippen molar-refractivity contribution in [2.45, 2.75) is 26.8 Å². The van der Waals surface area contributed by atoms with Gasteiger partial charge >= 0.3 is 0 Å². The molecule has 2 aromatic carbocycles. The molecule has 3 rings (SSSR count). The van der Waals surface area contributed by atoms with Crippen LogP contribution in [0.15, 0.2) is 53.9 Å². The van der Waals surface area contributed by atoms with E-state index >= 15 is 0 Å². The summed E-state index contributed by atoms with van der Waals surface area (Å²) in [5, 5.41) is 3.08. The number of hydrogen-bond acceptors (Lipinski definition) is 5. The Bertz CT molecular complexity index is 904. The molecule has 3 aromatic rings. The highest BCUT2D eigenvalue weighted by Crippen LogP contribution is 2.24. The molecular formula is C22H24N2O3S. The standard InChI is InChI=1S/C22H24N2O3S/c1-4-21-23-17(15-28-21)13-24(3)22(25)14-26-18-9-11-20(12-10-18)27-19-7-5-16(2)6-8-19/h5-12,15H,4,13-14H2,1-3H3. The zero-order valence-corrected chi connectivity index (χ0v) is 17.2. The molecule has 1 heterocycles. The molecule has 5 nitrogen and oxygen atoms in total. The molecule has 0 unspecified atom stereocenters. The average Bonchev–Trinajstić information content (AvgIpc) is 3.16. The number of nitrogens with zero attached hydrogens (tertiary/aromatic N) is 2. The van der Waals surface area contributed by atoms with Crippen molar-refractivity contribution in [3.05, 3.63) is 70.2 Å². The largest absolute Gasteiger partial charge is 0.484 e. The van der Waals surface area contributed by atoms with E-state index < -0.39 is 0 Å². The van der Waals surface area contributed by atoms with Crippen LogP contribution in [0.3, 0.4) is 0 Å². The molecule has 0 radical (unpaired) electrons. The average molecular weight is 397 g/mol. The normalized spacial score (nSPS) is 10.5. The topological polar surface area (TPSA) is 51.7 Å². The molecule has 0 aliphatic rings. The first-order valence-corrected chi connectivity index (χ1v) is 10.1. The van der Waals surface area contributed by atoms with Gasteiger partial charge in [-0.15, -0.1) is 11.3 Å². The number of thiazole rings is 1. The molecule has 0 bridgehead atoms. The highest BCUT2D eigenvalue weighted by Gasteiger charge is 2.12. The van der Waals surface area contributed by atoms with Crippen LogP contribution in [0, 0.1) is 6.92 Å². The van der Waals surface area contributed by atoms with Crippen molar-refractivity contribution in [3.63, 3.8) is 0 Å². The van der Waals surface area contributed by atoms with Crippen LogP contribution in [0.2, 0.25) is 0 Å². The van der Waals surface area contributed by atoms with Gasteiger partial charge in [-0.25, -0.2) is 4.98 Å². The zero-order valence-electron chi connectivity index (χ0n) is 16.3. The third-order valence-electron chi connectivity index (χ3n) is 4.17. The Hall–Kier alpha value is -2.86.